The standard InChI is InChI=1S/C10H20N2S/c1-8(2,3)10(9(4,5)6)12-11-7-13-10/h7H2,1-6H3. The zero-order valence-electron chi connectivity index (χ0n) is 9.51. The maximum Gasteiger partial charge on any atom is 0.138 e. The van der Waals surface area contributed by atoms with Crippen LogP contribution < -0.4 is 0 Å². The zero-order chi connectivity index (χ0) is 10.3. The van der Waals surface area contributed by atoms with Crippen LogP contribution in [0.15, 0.2) is 10.2 Å². The molecular formula is C10H20N2S. The molecule has 0 atom stereocenters. The van der Waals surface area contributed by atoms with Gasteiger partial charge < -0.3 is 0 Å². The molecule has 0 aromatic rings. The summed E-state index contributed by atoms with van der Waals surface area (Å²) in [6.45, 7) is 13.5. The summed E-state index contributed by atoms with van der Waals surface area (Å²) in [6, 6.07) is 0. The lowest BCUT2D eigenvalue weighted by Gasteiger charge is -2.46. The molecule has 0 aliphatic carbocycles. The lowest BCUT2D eigenvalue weighted by atomic mass is 9.71. The summed E-state index contributed by atoms with van der Waals surface area (Å²) < 4.78 is 0. The van der Waals surface area contributed by atoms with Gasteiger partial charge >= 0.3 is 0 Å². The van der Waals surface area contributed by atoms with E-state index in [1.165, 1.54) is 0 Å². The summed E-state index contributed by atoms with van der Waals surface area (Å²) in [4.78, 5) is -0.0556. The molecule has 1 rings (SSSR count). The molecule has 0 unspecified atom stereocenters. The van der Waals surface area contributed by atoms with E-state index in [1.807, 2.05) is 11.8 Å². The molecule has 0 fully saturated rings. The molecule has 0 saturated heterocycles. The molecule has 0 saturated carbocycles. The second kappa shape index (κ2) is 2.97. The third-order valence-electron chi connectivity index (χ3n) is 2.58. The smallest absolute Gasteiger partial charge is 0.138 e. The summed E-state index contributed by atoms with van der Waals surface area (Å²) in [5.74, 6) is 0.814. The maximum atomic E-state index is 4.50. The monoisotopic (exact) mass is 200 g/mol. The van der Waals surface area contributed by atoms with Crippen LogP contribution in [0.4, 0.5) is 0 Å². The van der Waals surface area contributed by atoms with Crippen LogP contribution in [-0.2, 0) is 0 Å². The quantitative estimate of drug-likeness (QED) is 0.581. The van der Waals surface area contributed by atoms with E-state index in [4.69, 9.17) is 0 Å². The van der Waals surface area contributed by atoms with Crippen molar-refractivity contribution < 1.29 is 0 Å². The van der Waals surface area contributed by atoms with Crippen LogP contribution in [0, 0.1) is 10.8 Å². The third kappa shape index (κ3) is 1.63. The Bertz CT molecular complexity index is 206. The van der Waals surface area contributed by atoms with Gasteiger partial charge in [-0.2, -0.15) is 10.2 Å². The number of azo groups is 1. The predicted molar refractivity (Wildman–Crippen MR) is 59.0 cm³/mol. The lowest BCUT2D eigenvalue weighted by molar-refractivity contribution is 0.146. The highest BCUT2D eigenvalue weighted by Crippen LogP contribution is 2.56. The first-order chi connectivity index (χ1) is 5.71. The summed E-state index contributed by atoms with van der Waals surface area (Å²) in [5, 5.41) is 8.66. The summed E-state index contributed by atoms with van der Waals surface area (Å²) in [5.41, 5.74) is 0.325. The Balaban J connectivity index is 3.11. The van der Waals surface area contributed by atoms with Crippen molar-refractivity contribution in [1.82, 2.24) is 0 Å². The van der Waals surface area contributed by atoms with E-state index in [0.717, 1.165) is 5.88 Å². The van der Waals surface area contributed by atoms with Crippen LogP contribution in [0.25, 0.3) is 0 Å². The number of nitrogens with zero attached hydrogens (tertiary/aromatic N) is 2. The van der Waals surface area contributed by atoms with Crippen molar-refractivity contribution in [3.63, 3.8) is 0 Å². The van der Waals surface area contributed by atoms with E-state index in [0.29, 0.717) is 0 Å². The van der Waals surface area contributed by atoms with Crippen molar-refractivity contribution in [1.29, 1.82) is 0 Å². The van der Waals surface area contributed by atoms with Crippen molar-refractivity contribution in [2.45, 2.75) is 46.4 Å². The van der Waals surface area contributed by atoms with Gasteiger partial charge in [0.25, 0.3) is 0 Å². The van der Waals surface area contributed by atoms with Gasteiger partial charge in [-0.25, -0.2) is 0 Å². The molecule has 0 radical (unpaired) electrons. The Morgan fingerprint density at radius 1 is 1.00 bits per heavy atom. The van der Waals surface area contributed by atoms with Gasteiger partial charge in [0.15, 0.2) is 0 Å². The highest BCUT2D eigenvalue weighted by molar-refractivity contribution is 8.00. The number of thioether (sulfide) groups is 1. The van der Waals surface area contributed by atoms with Crippen molar-refractivity contribution in [2.75, 3.05) is 5.88 Å². The number of rotatable bonds is 0. The van der Waals surface area contributed by atoms with E-state index in [1.54, 1.807) is 0 Å². The molecule has 0 N–H and O–H groups in total. The van der Waals surface area contributed by atoms with Gasteiger partial charge in [-0.15, -0.1) is 11.8 Å². The van der Waals surface area contributed by atoms with E-state index in [9.17, 15) is 0 Å². The van der Waals surface area contributed by atoms with Crippen molar-refractivity contribution in [2.24, 2.45) is 21.1 Å². The van der Waals surface area contributed by atoms with E-state index < -0.39 is 0 Å². The van der Waals surface area contributed by atoms with Crippen LogP contribution in [0.2, 0.25) is 0 Å². The average Bonchev–Trinajstić information content (AvgIpc) is 2.28. The zero-order valence-corrected chi connectivity index (χ0v) is 10.3. The SMILES string of the molecule is CC(C)(C)C1(C(C)(C)C)N=NCS1. The molecule has 76 valence electrons. The average molecular weight is 200 g/mol. The number of hydrogen-bond donors (Lipinski definition) is 0. The first-order valence-electron chi connectivity index (χ1n) is 4.73. The minimum Gasteiger partial charge on any atom is -0.182 e. The molecule has 0 amide bonds. The van der Waals surface area contributed by atoms with Gasteiger partial charge in [-0.1, -0.05) is 41.5 Å². The maximum absolute atomic E-state index is 4.50. The molecule has 1 aliphatic heterocycles. The Kier molecular flexibility index (Phi) is 2.52. The predicted octanol–water partition coefficient (Wildman–Crippen LogP) is 3.93. The summed E-state index contributed by atoms with van der Waals surface area (Å²) in [7, 11) is 0. The molecule has 0 spiro atoms. The number of hydrogen-bond acceptors (Lipinski definition) is 3. The summed E-state index contributed by atoms with van der Waals surface area (Å²) >= 11 is 1.87. The van der Waals surface area contributed by atoms with Crippen molar-refractivity contribution in [3.8, 4) is 0 Å². The third-order valence-corrected chi connectivity index (χ3v) is 4.54. The topological polar surface area (TPSA) is 24.7 Å². The van der Waals surface area contributed by atoms with Gasteiger partial charge in [-0.3, -0.25) is 0 Å². The minimum absolute atomic E-state index is 0.0556. The molecule has 0 bridgehead atoms. The fraction of sp³-hybridized carbons (Fsp3) is 1.00. The first-order valence-corrected chi connectivity index (χ1v) is 5.72. The highest BCUT2D eigenvalue weighted by Gasteiger charge is 2.53. The first kappa shape index (κ1) is 11.0. The second-order valence-electron chi connectivity index (χ2n) is 5.66. The normalized spacial score (nSPS) is 22.3. The molecular weight excluding hydrogens is 180 g/mol. The van der Waals surface area contributed by atoms with Crippen molar-refractivity contribution >= 4 is 11.8 Å². The minimum atomic E-state index is -0.0556. The second-order valence-corrected chi connectivity index (χ2v) is 6.80. The highest BCUT2D eigenvalue weighted by atomic mass is 32.2. The van der Waals surface area contributed by atoms with E-state index in [2.05, 4.69) is 51.8 Å². The molecule has 1 aliphatic rings. The fourth-order valence-electron chi connectivity index (χ4n) is 2.14. The molecule has 3 heteroatoms. The van der Waals surface area contributed by atoms with Crippen LogP contribution in [0.3, 0.4) is 0 Å². The summed E-state index contributed by atoms with van der Waals surface area (Å²) in [6.07, 6.45) is 0. The molecule has 0 aromatic heterocycles. The Hall–Kier alpha value is -0.0500. The fourth-order valence-corrected chi connectivity index (χ4v) is 3.42. The molecule has 2 nitrogen and oxygen atoms in total. The molecule has 1 heterocycles. The van der Waals surface area contributed by atoms with Crippen LogP contribution in [-0.4, -0.2) is 10.7 Å². The lowest BCUT2D eigenvalue weighted by Crippen LogP contribution is -2.47. The largest absolute Gasteiger partial charge is 0.182 e. The van der Waals surface area contributed by atoms with E-state index >= 15 is 0 Å². The molecule has 13 heavy (non-hydrogen) atoms. The van der Waals surface area contributed by atoms with Gasteiger partial charge in [0.2, 0.25) is 0 Å². The van der Waals surface area contributed by atoms with E-state index in [-0.39, 0.29) is 15.7 Å². The van der Waals surface area contributed by atoms with Crippen LogP contribution in [0.1, 0.15) is 41.5 Å². The van der Waals surface area contributed by atoms with Crippen LogP contribution in [0.5, 0.6) is 0 Å². The Morgan fingerprint density at radius 2 is 1.46 bits per heavy atom. The van der Waals surface area contributed by atoms with Gasteiger partial charge in [0.05, 0.1) is 0 Å². The van der Waals surface area contributed by atoms with Crippen LogP contribution >= 0.6 is 11.8 Å². The van der Waals surface area contributed by atoms with Gasteiger partial charge in [0, 0.05) is 0 Å². The molecule has 0 aromatic carbocycles. The van der Waals surface area contributed by atoms with Gasteiger partial charge in [-0.05, 0) is 10.8 Å². The van der Waals surface area contributed by atoms with Gasteiger partial charge in [0.1, 0.15) is 10.7 Å². The Labute approximate surface area is 85.6 Å². The Morgan fingerprint density at radius 3 is 1.62 bits per heavy atom. The van der Waals surface area contributed by atoms with Crippen molar-refractivity contribution in [3.05, 3.63) is 0 Å².